The topological polar surface area (TPSA) is 58.6 Å². The molecule has 0 bridgehead atoms. The molecule has 0 fully saturated rings. The fraction of sp³-hybridized carbons (Fsp3) is 0.462. The number of para-hydroxylation sites is 1. The zero-order valence-electron chi connectivity index (χ0n) is 20.2. The van der Waals surface area contributed by atoms with E-state index in [1.54, 1.807) is 18.2 Å². The molecule has 1 N–H and O–H groups in total. The van der Waals surface area contributed by atoms with Crippen LogP contribution >= 0.6 is 23.2 Å². The molecule has 0 aliphatic rings. The first kappa shape index (κ1) is 27.0. The van der Waals surface area contributed by atoms with Crippen LogP contribution in [0.5, 0.6) is 5.75 Å². The Balaban J connectivity index is 2.32. The lowest BCUT2D eigenvalue weighted by molar-refractivity contribution is -0.143. The number of benzene rings is 2. The molecule has 0 aromatic heterocycles. The van der Waals surface area contributed by atoms with Gasteiger partial charge in [0.05, 0.1) is 0 Å². The van der Waals surface area contributed by atoms with Crippen molar-refractivity contribution in [3.8, 4) is 5.75 Å². The van der Waals surface area contributed by atoms with Crippen molar-refractivity contribution in [2.75, 3.05) is 6.61 Å². The van der Waals surface area contributed by atoms with Gasteiger partial charge >= 0.3 is 0 Å². The van der Waals surface area contributed by atoms with Gasteiger partial charge in [0.15, 0.2) is 6.61 Å². The molecule has 0 aliphatic heterocycles. The van der Waals surface area contributed by atoms with Crippen LogP contribution < -0.4 is 10.1 Å². The van der Waals surface area contributed by atoms with Gasteiger partial charge in [-0.2, -0.15) is 0 Å². The Morgan fingerprint density at radius 2 is 1.76 bits per heavy atom. The summed E-state index contributed by atoms with van der Waals surface area (Å²) >= 11 is 12.4. The van der Waals surface area contributed by atoms with E-state index >= 15 is 0 Å². The summed E-state index contributed by atoms with van der Waals surface area (Å²) in [6, 6.07) is 12.1. The molecule has 33 heavy (non-hydrogen) atoms. The fourth-order valence-corrected chi connectivity index (χ4v) is 4.04. The molecule has 5 nitrogen and oxygen atoms in total. The third-order valence-corrected chi connectivity index (χ3v) is 5.81. The zero-order valence-corrected chi connectivity index (χ0v) is 21.8. The molecule has 180 valence electrons. The zero-order chi connectivity index (χ0) is 24.8. The van der Waals surface area contributed by atoms with E-state index in [1.165, 1.54) is 4.90 Å². The minimum Gasteiger partial charge on any atom is -0.483 e. The monoisotopic (exact) mass is 492 g/mol. The molecule has 0 unspecified atom stereocenters. The second kappa shape index (κ2) is 11.8. The van der Waals surface area contributed by atoms with Crippen molar-refractivity contribution in [1.29, 1.82) is 0 Å². The summed E-state index contributed by atoms with van der Waals surface area (Å²) in [6.07, 6.45) is 0.452. The quantitative estimate of drug-likeness (QED) is 0.466. The number of hydrogen-bond acceptors (Lipinski definition) is 3. The fourth-order valence-electron chi connectivity index (χ4n) is 3.57. The lowest BCUT2D eigenvalue weighted by Gasteiger charge is -2.31. The van der Waals surface area contributed by atoms with E-state index in [1.807, 2.05) is 45.0 Å². The Morgan fingerprint density at radius 1 is 1.09 bits per heavy atom. The highest BCUT2D eigenvalue weighted by Gasteiger charge is 2.30. The highest BCUT2D eigenvalue weighted by Crippen LogP contribution is 2.31. The summed E-state index contributed by atoms with van der Waals surface area (Å²) < 4.78 is 5.97. The summed E-state index contributed by atoms with van der Waals surface area (Å²) in [6.45, 7) is 11.9. The molecule has 0 saturated carbocycles. The molecule has 2 rings (SSSR count). The van der Waals surface area contributed by atoms with Gasteiger partial charge in [0.1, 0.15) is 11.8 Å². The predicted molar refractivity (Wildman–Crippen MR) is 135 cm³/mol. The first-order valence-electron chi connectivity index (χ1n) is 11.2. The van der Waals surface area contributed by atoms with Crippen LogP contribution in [0.3, 0.4) is 0 Å². The second-order valence-electron chi connectivity index (χ2n) is 9.38. The van der Waals surface area contributed by atoms with Gasteiger partial charge in [0.2, 0.25) is 5.91 Å². The molecule has 0 spiro atoms. The third-order valence-electron chi connectivity index (χ3n) is 5.22. The normalized spacial score (nSPS) is 12.4. The number of hydrogen-bond donors (Lipinski definition) is 1. The van der Waals surface area contributed by atoms with E-state index in [0.717, 1.165) is 5.56 Å². The van der Waals surface area contributed by atoms with Crippen LogP contribution in [0.2, 0.25) is 10.0 Å². The first-order valence-corrected chi connectivity index (χ1v) is 12.0. The number of nitrogens with zero attached hydrogens (tertiary/aromatic N) is 1. The maximum absolute atomic E-state index is 13.4. The van der Waals surface area contributed by atoms with Crippen LogP contribution in [0.25, 0.3) is 0 Å². The van der Waals surface area contributed by atoms with Crippen molar-refractivity contribution in [2.24, 2.45) is 0 Å². The van der Waals surface area contributed by atoms with Gasteiger partial charge in [-0.25, -0.2) is 0 Å². The molecular formula is C26H34Cl2N2O3. The maximum atomic E-state index is 13.4. The summed E-state index contributed by atoms with van der Waals surface area (Å²) in [5.41, 5.74) is 1.58. The van der Waals surface area contributed by atoms with E-state index < -0.39 is 6.04 Å². The lowest BCUT2D eigenvalue weighted by atomic mass is 9.86. The van der Waals surface area contributed by atoms with Crippen LogP contribution in [-0.4, -0.2) is 35.4 Å². The average Bonchev–Trinajstić information content (AvgIpc) is 2.72. The van der Waals surface area contributed by atoms with E-state index in [4.69, 9.17) is 27.9 Å². The van der Waals surface area contributed by atoms with Crippen LogP contribution in [0.15, 0.2) is 42.5 Å². The molecule has 0 radical (unpaired) electrons. The highest BCUT2D eigenvalue weighted by atomic mass is 35.5. The first-order chi connectivity index (χ1) is 15.4. The summed E-state index contributed by atoms with van der Waals surface area (Å²) in [7, 11) is 0. The van der Waals surface area contributed by atoms with E-state index in [9.17, 15) is 9.59 Å². The number of carbonyl (C=O) groups excluding carboxylic acids is 2. The molecule has 0 saturated heterocycles. The summed E-state index contributed by atoms with van der Waals surface area (Å²) in [4.78, 5) is 27.9. The Hall–Kier alpha value is -2.24. The Morgan fingerprint density at radius 3 is 2.33 bits per heavy atom. The maximum Gasteiger partial charge on any atom is 0.261 e. The molecule has 0 aliphatic carbocycles. The molecule has 2 amide bonds. The number of halogens is 2. The van der Waals surface area contributed by atoms with Crippen molar-refractivity contribution < 1.29 is 14.3 Å². The molecule has 0 heterocycles. The van der Waals surface area contributed by atoms with Gasteiger partial charge < -0.3 is 15.0 Å². The van der Waals surface area contributed by atoms with Crippen molar-refractivity contribution in [3.63, 3.8) is 0 Å². The van der Waals surface area contributed by atoms with Gasteiger partial charge in [0.25, 0.3) is 5.91 Å². The van der Waals surface area contributed by atoms with Crippen molar-refractivity contribution in [1.82, 2.24) is 10.2 Å². The molecule has 2 aromatic carbocycles. The second-order valence-corrected chi connectivity index (χ2v) is 10.2. The van der Waals surface area contributed by atoms with Crippen LogP contribution in [-0.2, 0) is 21.5 Å². The van der Waals surface area contributed by atoms with Gasteiger partial charge in [-0.15, -0.1) is 0 Å². The average molecular weight is 493 g/mol. The third kappa shape index (κ3) is 7.65. The van der Waals surface area contributed by atoms with Crippen LogP contribution in [0, 0.1) is 0 Å². The van der Waals surface area contributed by atoms with Gasteiger partial charge in [-0.3, -0.25) is 9.59 Å². The number of nitrogens with one attached hydrogen (secondary N) is 1. The Bertz CT molecular complexity index is 970. The highest BCUT2D eigenvalue weighted by molar-refractivity contribution is 6.35. The standard InChI is InChI=1S/C26H34Cl2N2O3/c1-7-22(25(32)29-17(2)3)30(15-18-12-13-19(27)14-21(18)28)24(31)16-33-23-11-9-8-10-20(23)26(4,5)6/h8-14,17,22H,7,15-16H2,1-6H3,(H,29,32)/t22-/m0/s1. The number of ether oxygens (including phenoxy) is 1. The summed E-state index contributed by atoms with van der Waals surface area (Å²) in [5.74, 6) is 0.152. The Labute approximate surface area is 207 Å². The van der Waals surface area contributed by atoms with Gasteiger partial charge in [-0.05, 0) is 55.0 Å². The molecule has 1 atom stereocenters. The van der Waals surface area contributed by atoms with E-state index in [0.29, 0.717) is 27.8 Å². The molecule has 7 heteroatoms. The van der Waals surface area contributed by atoms with Crippen molar-refractivity contribution in [3.05, 3.63) is 63.6 Å². The minimum absolute atomic E-state index is 0.0439. The smallest absolute Gasteiger partial charge is 0.261 e. The van der Waals surface area contributed by atoms with Crippen molar-refractivity contribution in [2.45, 2.75) is 72.0 Å². The number of rotatable bonds is 9. The molecular weight excluding hydrogens is 459 g/mol. The predicted octanol–water partition coefficient (Wildman–Crippen LogP) is 6.00. The number of amides is 2. The summed E-state index contributed by atoms with van der Waals surface area (Å²) in [5, 5.41) is 3.86. The van der Waals surface area contributed by atoms with E-state index in [-0.39, 0.29) is 36.4 Å². The van der Waals surface area contributed by atoms with Gasteiger partial charge in [0, 0.05) is 22.6 Å². The SMILES string of the molecule is CC[C@@H](C(=O)NC(C)C)N(Cc1ccc(Cl)cc1Cl)C(=O)COc1ccccc1C(C)(C)C. The number of carbonyl (C=O) groups is 2. The lowest BCUT2D eigenvalue weighted by Crippen LogP contribution is -2.51. The van der Waals surface area contributed by atoms with Crippen molar-refractivity contribution >= 4 is 35.0 Å². The van der Waals surface area contributed by atoms with Crippen LogP contribution in [0.1, 0.15) is 59.1 Å². The minimum atomic E-state index is -0.659. The van der Waals surface area contributed by atoms with Gasteiger partial charge in [-0.1, -0.05) is 75.2 Å². The van der Waals surface area contributed by atoms with Crippen LogP contribution in [0.4, 0.5) is 0 Å². The Kier molecular flexibility index (Phi) is 9.62. The largest absolute Gasteiger partial charge is 0.483 e. The molecule has 2 aromatic rings. The van der Waals surface area contributed by atoms with E-state index in [2.05, 4.69) is 26.1 Å².